The molecular weight excluding hydrogens is 396 g/mol. The lowest BCUT2D eigenvalue weighted by Crippen LogP contribution is -2.31. The fraction of sp³-hybridized carbons (Fsp3) is 0.250. The number of methoxy groups -OCH3 is 1. The zero-order chi connectivity index (χ0) is 20.5. The van der Waals surface area contributed by atoms with E-state index in [4.69, 9.17) is 9.47 Å². The normalized spacial score (nSPS) is 16.2. The summed E-state index contributed by atoms with van der Waals surface area (Å²) in [6.07, 6.45) is 4.03. The van der Waals surface area contributed by atoms with Crippen LogP contribution in [0.25, 0.3) is 32.1 Å². The molecule has 4 aromatic rings. The molecule has 1 aliphatic heterocycles. The standard InChI is InChI=1S/C24H22N2O3S/c1-28-16-9-10-20-18(12-16)22-19(14-25-20)21(15-6-3-2-4-7-15)23(30-22)24(27)26-13-17-8-5-11-29-17/h2-4,6-7,9-10,12,14,17H,5,8,11,13H2,1H3,(H,26,27)/t17-/m0/s1. The largest absolute Gasteiger partial charge is 0.497 e. The molecule has 6 heteroatoms. The molecule has 0 aliphatic carbocycles. The SMILES string of the molecule is COc1ccc2ncc3c(-c4ccccc4)c(C(=O)NC[C@@H]4CCCO4)sc3c2c1. The Morgan fingerprint density at radius 2 is 2.10 bits per heavy atom. The van der Waals surface area contributed by atoms with Crippen molar-refractivity contribution in [3.05, 3.63) is 59.6 Å². The van der Waals surface area contributed by atoms with Crippen molar-refractivity contribution in [1.82, 2.24) is 10.3 Å². The highest BCUT2D eigenvalue weighted by molar-refractivity contribution is 7.22. The van der Waals surface area contributed by atoms with Crippen molar-refractivity contribution in [2.45, 2.75) is 18.9 Å². The van der Waals surface area contributed by atoms with Crippen LogP contribution in [0.2, 0.25) is 0 Å². The van der Waals surface area contributed by atoms with Gasteiger partial charge in [0.25, 0.3) is 5.91 Å². The molecule has 1 N–H and O–H groups in total. The number of thiophene rings is 1. The molecule has 0 radical (unpaired) electrons. The maximum atomic E-state index is 13.2. The van der Waals surface area contributed by atoms with Gasteiger partial charge >= 0.3 is 0 Å². The lowest BCUT2D eigenvalue weighted by molar-refractivity contribution is 0.0861. The van der Waals surface area contributed by atoms with Crippen LogP contribution < -0.4 is 10.1 Å². The van der Waals surface area contributed by atoms with Gasteiger partial charge in [0.1, 0.15) is 10.6 Å². The molecule has 0 bridgehead atoms. The van der Waals surface area contributed by atoms with E-state index in [1.165, 1.54) is 11.3 Å². The van der Waals surface area contributed by atoms with E-state index in [2.05, 4.69) is 10.3 Å². The third-order valence-corrected chi connectivity index (χ3v) is 6.75. The Hall–Kier alpha value is -2.96. The summed E-state index contributed by atoms with van der Waals surface area (Å²) in [4.78, 5) is 18.6. The number of pyridine rings is 1. The lowest BCUT2D eigenvalue weighted by Gasteiger charge is -2.11. The average molecular weight is 419 g/mol. The highest BCUT2D eigenvalue weighted by Gasteiger charge is 2.23. The molecule has 3 heterocycles. The first-order chi connectivity index (χ1) is 14.7. The van der Waals surface area contributed by atoms with Crippen LogP contribution in [0, 0.1) is 0 Å². The zero-order valence-corrected chi connectivity index (χ0v) is 17.5. The number of nitrogens with zero attached hydrogens (tertiary/aromatic N) is 1. The number of aromatic nitrogens is 1. The highest BCUT2D eigenvalue weighted by atomic mass is 32.1. The Bertz CT molecular complexity index is 1210. The van der Waals surface area contributed by atoms with Crippen LogP contribution in [-0.4, -0.2) is 37.3 Å². The predicted octanol–water partition coefficient (Wildman–Crippen LogP) is 5.03. The van der Waals surface area contributed by atoms with Gasteiger partial charge in [-0.1, -0.05) is 30.3 Å². The molecule has 30 heavy (non-hydrogen) atoms. The summed E-state index contributed by atoms with van der Waals surface area (Å²) < 4.78 is 12.1. The summed E-state index contributed by atoms with van der Waals surface area (Å²) in [5, 5.41) is 5.06. The molecule has 0 saturated carbocycles. The topological polar surface area (TPSA) is 60.5 Å². The summed E-state index contributed by atoms with van der Waals surface area (Å²) in [5.74, 6) is 0.706. The van der Waals surface area contributed by atoms with Crippen molar-refractivity contribution in [2.24, 2.45) is 0 Å². The molecule has 5 rings (SSSR count). The predicted molar refractivity (Wildman–Crippen MR) is 120 cm³/mol. The summed E-state index contributed by atoms with van der Waals surface area (Å²) in [6, 6.07) is 15.9. The van der Waals surface area contributed by atoms with Crippen LogP contribution in [0.1, 0.15) is 22.5 Å². The Morgan fingerprint density at radius 3 is 2.87 bits per heavy atom. The van der Waals surface area contributed by atoms with Gasteiger partial charge in [-0.15, -0.1) is 11.3 Å². The third kappa shape index (κ3) is 3.42. The summed E-state index contributed by atoms with van der Waals surface area (Å²) in [7, 11) is 1.66. The van der Waals surface area contributed by atoms with Crippen molar-refractivity contribution in [3.8, 4) is 16.9 Å². The van der Waals surface area contributed by atoms with Gasteiger partial charge in [-0.25, -0.2) is 0 Å². The molecule has 152 valence electrons. The number of fused-ring (bicyclic) bond motifs is 3. The fourth-order valence-corrected chi connectivity index (χ4v) is 5.22. The number of amides is 1. The number of carbonyl (C=O) groups excluding carboxylic acids is 1. The summed E-state index contributed by atoms with van der Waals surface area (Å²) in [6.45, 7) is 1.31. The first-order valence-electron chi connectivity index (χ1n) is 10.1. The van der Waals surface area contributed by atoms with E-state index < -0.39 is 0 Å². The highest BCUT2D eigenvalue weighted by Crippen LogP contribution is 2.42. The smallest absolute Gasteiger partial charge is 0.262 e. The van der Waals surface area contributed by atoms with E-state index in [1.807, 2.05) is 54.7 Å². The second kappa shape index (κ2) is 8.05. The first kappa shape index (κ1) is 19.0. The molecule has 1 aliphatic rings. The minimum Gasteiger partial charge on any atom is -0.497 e. The van der Waals surface area contributed by atoms with Gasteiger partial charge in [-0.3, -0.25) is 9.78 Å². The van der Waals surface area contributed by atoms with Gasteiger partial charge in [0, 0.05) is 40.4 Å². The molecule has 1 atom stereocenters. The fourth-order valence-electron chi connectivity index (χ4n) is 3.98. The van der Waals surface area contributed by atoms with Crippen LogP contribution in [-0.2, 0) is 4.74 Å². The van der Waals surface area contributed by atoms with Gasteiger partial charge in [0.05, 0.1) is 18.7 Å². The number of nitrogens with one attached hydrogen (secondary N) is 1. The van der Waals surface area contributed by atoms with Crippen molar-refractivity contribution in [1.29, 1.82) is 0 Å². The number of hydrogen-bond acceptors (Lipinski definition) is 5. The Morgan fingerprint density at radius 1 is 1.23 bits per heavy atom. The Kier molecular flexibility index (Phi) is 5.11. The number of rotatable bonds is 5. The van der Waals surface area contributed by atoms with Gasteiger partial charge in [0.2, 0.25) is 0 Å². The molecule has 1 fully saturated rings. The third-order valence-electron chi connectivity index (χ3n) is 5.51. The van der Waals surface area contributed by atoms with Crippen molar-refractivity contribution < 1.29 is 14.3 Å². The Labute approximate surface area is 178 Å². The van der Waals surface area contributed by atoms with Gasteiger partial charge in [0.15, 0.2) is 0 Å². The molecular formula is C24H22N2O3S. The minimum absolute atomic E-state index is 0.0680. The number of benzene rings is 2. The maximum absolute atomic E-state index is 13.2. The molecule has 2 aromatic carbocycles. The first-order valence-corrected chi connectivity index (χ1v) is 10.9. The van der Waals surface area contributed by atoms with E-state index >= 15 is 0 Å². The molecule has 5 nitrogen and oxygen atoms in total. The quantitative estimate of drug-likeness (QED) is 0.494. The molecule has 0 unspecified atom stereocenters. The van der Waals surface area contributed by atoms with Crippen LogP contribution in [0.4, 0.5) is 0 Å². The van der Waals surface area contributed by atoms with Crippen LogP contribution in [0.15, 0.2) is 54.7 Å². The molecule has 1 saturated heterocycles. The van der Waals surface area contributed by atoms with Gasteiger partial charge in [-0.05, 0) is 36.6 Å². The van der Waals surface area contributed by atoms with Gasteiger partial charge < -0.3 is 14.8 Å². The lowest BCUT2D eigenvalue weighted by atomic mass is 10.0. The van der Waals surface area contributed by atoms with E-state index in [1.54, 1.807) is 7.11 Å². The number of carbonyl (C=O) groups is 1. The molecule has 1 amide bonds. The average Bonchev–Trinajstić information content (AvgIpc) is 3.45. The van der Waals surface area contributed by atoms with Crippen LogP contribution in [0.3, 0.4) is 0 Å². The monoisotopic (exact) mass is 418 g/mol. The van der Waals surface area contributed by atoms with Crippen LogP contribution >= 0.6 is 11.3 Å². The zero-order valence-electron chi connectivity index (χ0n) is 16.7. The molecule has 2 aromatic heterocycles. The minimum atomic E-state index is -0.0680. The number of hydrogen-bond donors (Lipinski definition) is 1. The van der Waals surface area contributed by atoms with Crippen LogP contribution in [0.5, 0.6) is 5.75 Å². The Balaban J connectivity index is 1.65. The van der Waals surface area contributed by atoms with Crippen molar-refractivity contribution in [2.75, 3.05) is 20.3 Å². The number of ether oxygens (including phenoxy) is 2. The van der Waals surface area contributed by atoms with Crippen molar-refractivity contribution >= 4 is 38.2 Å². The van der Waals surface area contributed by atoms with E-state index in [-0.39, 0.29) is 12.0 Å². The second-order valence-electron chi connectivity index (χ2n) is 7.40. The summed E-state index contributed by atoms with van der Waals surface area (Å²) in [5.41, 5.74) is 2.82. The second-order valence-corrected chi connectivity index (χ2v) is 8.42. The molecule has 0 spiro atoms. The van der Waals surface area contributed by atoms with E-state index in [0.717, 1.165) is 57.3 Å². The maximum Gasteiger partial charge on any atom is 0.262 e. The summed E-state index contributed by atoms with van der Waals surface area (Å²) >= 11 is 1.51. The van der Waals surface area contributed by atoms with E-state index in [9.17, 15) is 4.79 Å². The van der Waals surface area contributed by atoms with E-state index in [0.29, 0.717) is 11.4 Å². The van der Waals surface area contributed by atoms with Crippen molar-refractivity contribution in [3.63, 3.8) is 0 Å². The van der Waals surface area contributed by atoms with Gasteiger partial charge in [-0.2, -0.15) is 0 Å².